The summed E-state index contributed by atoms with van der Waals surface area (Å²) in [6.45, 7) is 10.9. The number of rotatable bonds is 1. The number of amides is 2. The number of carbonyl (C=O) groups is 1. The van der Waals surface area contributed by atoms with E-state index in [2.05, 4.69) is 57.3 Å². The Kier molecular flexibility index (Phi) is 3.40. The van der Waals surface area contributed by atoms with Gasteiger partial charge >= 0.3 is 6.03 Å². The Labute approximate surface area is 115 Å². The SMILES string of the molecule is CCNC(=O)N1c2cc(C)ccc2C(C)=CC1(C)C. The third-order valence-corrected chi connectivity index (χ3v) is 3.50. The fourth-order valence-corrected chi connectivity index (χ4v) is 2.74. The Morgan fingerprint density at radius 1 is 1.32 bits per heavy atom. The van der Waals surface area contributed by atoms with E-state index in [-0.39, 0.29) is 11.6 Å². The molecule has 1 N–H and O–H groups in total. The van der Waals surface area contributed by atoms with Crippen LogP contribution in [0, 0.1) is 6.92 Å². The van der Waals surface area contributed by atoms with Crippen molar-refractivity contribution in [2.24, 2.45) is 0 Å². The highest BCUT2D eigenvalue weighted by Crippen LogP contribution is 2.39. The zero-order chi connectivity index (χ0) is 14.2. The Bertz CT molecular complexity index is 544. The van der Waals surface area contributed by atoms with Crippen molar-refractivity contribution in [2.75, 3.05) is 11.4 Å². The molecule has 1 heterocycles. The molecule has 2 amide bonds. The van der Waals surface area contributed by atoms with Gasteiger partial charge in [-0.1, -0.05) is 18.2 Å². The second-order valence-corrected chi connectivity index (χ2v) is 5.67. The Morgan fingerprint density at radius 3 is 2.63 bits per heavy atom. The van der Waals surface area contributed by atoms with Crippen LogP contribution in [0.25, 0.3) is 5.57 Å². The number of aryl methyl sites for hydroxylation is 1. The monoisotopic (exact) mass is 258 g/mol. The predicted molar refractivity (Wildman–Crippen MR) is 80.5 cm³/mol. The van der Waals surface area contributed by atoms with Gasteiger partial charge in [0.2, 0.25) is 0 Å². The van der Waals surface area contributed by atoms with Gasteiger partial charge < -0.3 is 5.32 Å². The minimum atomic E-state index is -0.315. The average molecular weight is 258 g/mol. The van der Waals surface area contributed by atoms with E-state index in [0.29, 0.717) is 6.54 Å². The number of fused-ring (bicyclic) bond motifs is 1. The minimum absolute atomic E-state index is 0.0388. The van der Waals surface area contributed by atoms with Crippen LogP contribution in [0.4, 0.5) is 10.5 Å². The van der Waals surface area contributed by atoms with Crippen molar-refractivity contribution in [3.8, 4) is 0 Å². The second kappa shape index (κ2) is 4.72. The molecule has 0 atom stereocenters. The summed E-state index contributed by atoms with van der Waals surface area (Å²) in [5, 5.41) is 2.90. The summed E-state index contributed by atoms with van der Waals surface area (Å²) in [5.41, 5.74) is 4.20. The highest BCUT2D eigenvalue weighted by atomic mass is 16.2. The summed E-state index contributed by atoms with van der Waals surface area (Å²) in [4.78, 5) is 14.2. The Hall–Kier alpha value is -1.77. The Morgan fingerprint density at radius 2 is 2.00 bits per heavy atom. The van der Waals surface area contributed by atoms with Crippen LogP contribution in [-0.4, -0.2) is 18.1 Å². The molecule has 2 rings (SSSR count). The summed E-state index contributed by atoms with van der Waals surface area (Å²) >= 11 is 0. The van der Waals surface area contributed by atoms with Gasteiger partial charge in [0.25, 0.3) is 0 Å². The van der Waals surface area contributed by atoms with Crippen molar-refractivity contribution in [1.82, 2.24) is 5.32 Å². The number of nitrogens with one attached hydrogen (secondary N) is 1. The van der Waals surface area contributed by atoms with Gasteiger partial charge in [0.1, 0.15) is 0 Å². The smallest absolute Gasteiger partial charge is 0.322 e. The van der Waals surface area contributed by atoms with Crippen LogP contribution in [0.3, 0.4) is 0 Å². The Balaban J connectivity index is 2.59. The molecule has 0 spiro atoms. The number of anilines is 1. The van der Waals surface area contributed by atoms with Crippen molar-refractivity contribution >= 4 is 17.3 Å². The molecule has 1 aromatic rings. The van der Waals surface area contributed by atoms with Gasteiger partial charge in [-0.15, -0.1) is 0 Å². The number of urea groups is 1. The zero-order valence-electron chi connectivity index (χ0n) is 12.4. The topological polar surface area (TPSA) is 32.3 Å². The van der Waals surface area contributed by atoms with Gasteiger partial charge in [-0.2, -0.15) is 0 Å². The van der Waals surface area contributed by atoms with Crippen LogP contribution >= 0.6 is 0 Å². The lowest BCUT2D eigenvalue weighted by Gasteiger charge is -2.41. The second-order valence-electron chi connectivity index (χ2n) is 5.67. The van der Waals surface area contributed by atoms with Crippen molar-refractivity contribution in [3.05, 3.63) is 35.4 Å². The van der Waals surface area contributed by atoms with Gasteiger partial charge in [0.05, 0.1) is 11.2 Å². The number of benzene rings is 1. The van der Waals surface area contributed by atoms with E-state index < -0.39 is 0 Å². The van der Waals surface area contributed by atoms with E-state index in [0.717, 1.165) is 11.3 Å². The molecule has 1 aliphatic heterocycles. The fraction of sp³-hybridized carbons (Fsp3) is 0.438. The van der Waals surface area contributed by atoms with E-state index in [1.54, 1.807) is 0 Å². The fourth-order valence-electron chi connectivity index (χ4n) is 2.74. The molecule has 19 heavy (non-hydrogen) atoms. The summed E-state index contributed by atoms with van der Waals surface area (Å²) in [6.07, 6.45) is 2.15. The lowest BCUT2D eigenvalue weighted by molar-refractivity contribution is 0.243. The van der Waals surface area contributed by atoms with Crippen LogP contribution in [0.1, 0.15) is 38.8 Å². The van der Waals surface area contributed by atoms with Crippen LogP contribution in [0.2, 0.25) is 0 Å². The molecule has 0 aromatic heterocycles. The molecule has 102 valence electrons. The molecule has 1 aliphatic rings. The molecule has 0 bridgehead atoms. The number of hydrogen-bond donors (Lipinski definition) is 1. The number of carbonyl (C=O) groups excluding carboxylic acids is 1. The normalized spacial score (nSPS) is 16.7. The van der Waals surface area contributed by atoms with Crippen LogP contribution in [0.5, 0.6) is 0 Å². The van der Waals surface area contributed by atoms with Gasteiger partial charge in [-0.05, 0) is 51.8 Å². The largest absolute Gasteiger partial charge is 0.338 e. The van der Waals surface area contributed by atoms with Gasteiger partial charge in [0, 0.05) is 12.1 Å². The summed E-state index contributed by atoms with van der Waals surface area (Å²) in [7, 11) is 0. The predicted octanol–water partition coefficient (Wildman–Crippen LogP) is 3.73. The average Bonchev–Trinajstić information content (AvgIpc) is 2.27. The summed E-state index contributed by atoms with van der Waals surface area (Å²) in [6, 6.07) is 6.23. The van der Waals surface area contributed by atoms with Crippen molar-refractivity contribution in [3.63, 3.8) is 0 Å². The van der Waals surface area contributed by atoms with E-state index in [1.807, 2.05) is 11.8 Å². The first-order valence-corrected chi connectivity index (χ1v) is 6.75. The summed E-state index contributed by atoms with van der Waals surface area (Å²) < 4.78 is 0. The molecule has 0 radical (unpaired) electrons. The highest BCUT2D eigenvalue weighted by molar-refractivity contribution is 5.99. The quantitative estimate of drug-likeness (QED) is 0.818. The first kappa shape index (κ1) is 13.7. The minimum Gasteiger partial charge on any atom is -0.338 e. The molecule has 0 unspecified atom stereocenters. The first-order valence-electron chi connectivity index (χ1n) is 6.75. The molecule has 0 saturated carbocycles. The van der Waals surface area contributed by atoms with Gasteiger partial charge in [0.15, 0.2) is 0 Å². The molecule has 0 saturated heterocycles. The number of hydrogen-bond acceptors (Lipinski definition) is 1. The highest BCUT2D eigenvalue weighted by Gasteiger charge is 2.35. The van der Waals surface area contributed by atoms with Gasteiger partial charge in [-0.3, -0.25) is 4.90 Å². The third kappa shape index (κ3) is 2.37. The first-order chi connectivity index (χ1) is 8.86. The van der Waals surface area contributed by atoms with Crippen molar-refractivity contribution in [1.29, 1.82) is 0 Å². The van der Waals surface area contributed by atoms with E-state index in [1.165, 1.54) is 11.1 Å². The van der Waals surface area contributed by atoms with Crippen LogP contribution in [0.15, 0.2) is 24.3 Å². The van der Waals surface area contributed by atoms with E-state index in [4.69, 9.17) is 0 Å². The van der Waals surface area contributed by atoms with Crippen LogP contribution < -0.4 is 10.2 Å². The number of nitrogens with zero attached hydrogens (tertiary/aromatic N) is 1. The third-order valence-electron chi connectivity index (χ3n) is 3.50. The lowest BCUT2D eigenvalue weighted by Crippen LogP contribution is -2.53. The maximum Gasteiger partial charge on any atom is 0.322 e. The van der Waals surface area contributed by atoms with E-state index >= 15 is 0 Å². The van der Waals surface area contributed by atoms with Crippen molar-refractivity contribution in [2.45, 2.75) is 40.2 Å². The molecule has 0 fully saturated rings. The molecule has 3 nitrogen and oxygen atoms in total. The van der Waals surface area contributed by atoms with E-state index in [9.17, 15) is 4.79 Å². The molecular weight excluding hydrogens is 236 g/mol. The maximum atomic E-state index is 12.4. The molecule has 1 aromatic carbocycles. The standard InChI is InChI=1S/C16H22N2O/c1-6-17-15(19)18-14-9-11(2)7-8-13(14)12(3)10-16(18,4)5/h7-10H,6H2,1-5H3,(H,17,19). The molecule has 3 heteroatoms. The van der Waals surface area contributed by atoms with Crippen molar-refractivity contribution < 1.29 is 4.79 Å². The maximum absolute atomic E-state index is 12.4. The van der Waals surface area contributed by atoms with Crippen LogP contribution in [-0.2, 0) is 0 Å². The zero-order valence-corrected chi connectivity index (χ0v) is 12.4. The summed E-state index contributed by atoms with van der Waals surface area (Å²) in [5.74, 6) is 0. The number of allylic oxidation sites excluding steroid dienone is 1. The lowest BCUT2D eigenvalue weighted by atomic mass is 9.88. The van der Waals surface area contributed by atoms with Gasteiger partial charge in [-0.25, -0.2) is 4.79 Å². The molecular formula is C16H22N2O. The molecule has 0 aliphatic carbocycles.